The van der Waals surface area contributed by atoms with Gasteiger partial charge in [0, 0.05) is 17.9 Å². The number of hydrogen-bond donors (Lipinski definition) is 2. The fourth-order valence-electron chi connectivity index (χ4n) is 9.78. The molecule has 2 N–H and O–H groups in total. The van der Waals surface area contributed by atoms with Crippen molar-refractivity contribution in [3.8, 4) is 0 Å². The number of aliphatic carboxylic acids is 1. The first-order chi connectivity index (χ1) is 16.4. The number of Topliss-reactive ketones (excluding diaryl/α,β-unsaturated/α-hetero) is 1. The minimum absolute atomic E-state index is 0.175. The van der Waals surface area contributed by atoms with Gasteiger partial charge in [-0.1, -0.05) is 47.1 Å². The molecule has 4 aliphatic rings. The topological polar surface area (TPSA) is 74.6 Å². The molecule has 0 aromatic carbocycles. The van der Waals surface area contributed by atoms with Crippen LogP contribution in [0.2, 0.25) is 0 Å². The molecule has 0 heterocycles. The highest BCUT2D eigenvalue weighted by Crippen LogP contribution is 2.70. The average molecular weight is 485 g/mol. The largest absolute Gasteiger partial charge is 0.478 e. The lowest BCUT2D eigenvalue weighted by Crippen LogP contribution is -2.57. The van der Waals surface area contributed by atoms with Gasteiger partial charge in [-0.2, -0.15) is 0 Å². The van der Waals surface area contributed by atoms with Crippen LogP contribution in [-0.4, -0.2) is 28.1 Å². The Bertz CT molecular complexity index is 913. The van der Waals surface area contributed by atoms with E-state index in [4.69, 9.17) is 0 Å². The smallest absolute Gasteiger partial charge is 0.328 e. The molecule has 4 rings (SSSR count). The predicted octanol–water partition coefficient (Wildman–Crippen LogP) is 6.97. The number of aliphatic hydroxyl groups is 1. The predicted molar refractivity (Wildman–Crippen MR) is 140 cm³/mol. The normalized spacial score (nSPS) is 42.2. The highest BCUT2D eigenvalue weighted by molar-refractivity contribution is 6.01. The van der Waals surface area contributed by atoms with Crippen molar-refractivity contribution >= 4 is 11.8 Å². The summed E-state index contributed by atoms with van der Waals surface area (Å²) in [5.41, 5.74) is 2.40. The van der Waals surface area contributed by atoms with Gasteiger partial charge in [0.1, 0.15) is 0 Å². The zero-order valence-corrected chi connectivity index (χ0v) is 22.9. The van der Waals surface area contributed by atoms with E-state index in [-0.39, 0.29) is 28.6 Å². The van der Waals surface area contributed by atoms with Crippen LogP contribution < -0.4 is 0 Å². The number of carboxylic acids is 1. The van der Waals surface area contributed by atoms with E-state index in [1.807, 2.05) is 13.0 Å². The monoisotopic (exact) mass is 484 g/mol. The quantitative estimate of drug-likeness (QED) is 0.383. The van der Waals surface area contributed by atoms with Gasteiger partial charge in [0.2, 0.25) is 0 Å². The van der Waals surface area contributed by atoms with Gasteiger partial charge < -0.3 is 10.2 Å². The third-order valence-electron chi connectivity index (χ3n) is 11.2. The molecule has 0 radical (unpaired) electrons. The average Bonchev–Trinajstić information content (AvgIpc) is 3.09. The number of ketones is 1. The summed E-state index contributed by atoms with van der Waals surface area (Å²) >= 11 is 0. The second-order valence-electron chi connectivity index (χ2n) is 13.3. The first kappa shape index (κ1) is 26.6. The van der Waals surface area contributed by atoms with Crippen molar-refractivity contribution in [3.63, 3.8) is 0 Å². The lowest BCUT2D eigenvalue weighted by atomic mass is 9.40. The lowest BCUT2D eigenvalue weighted by molar-refractivity contribution is -0.143. The fraction of sp³-hybridized carbons (Fsp3) is 0.806. The zero-order valence-electron chi connectivity index (χ0n) is 22.9. The van der Waals surface area contributed by atoms with Crippen molar-refractivity contribution in [3.05, 3.63) is 23.3 Å². The number of carbonyl (C=O) groups excluding carboxylic acids is 1. The first-order valence-corrected chi connectivity index (χ1v) is 14.3. The summed E-state index contributed by atoms with van der Waals surface area (Å²) in [6, 6.07) is 0. The molecule has 0 saturated heterocycles. The Morgan fingerprint density at radius 2 is 1.83 bits per heavy atom. The van der Waals surface area contributed by atoms with Crippen molar-refractivity contribution in [2.45, 2.75) is 112 Å². The Balaban J connectivity index is 1.76. The molecule has 4 nitrogen and oxygen atoms in total. The Morgan fingerprint density at radius 3 is 2.43 bits per heavy atom. The lowest BCUT2D eigenvalue weighted by Gasteiger charge is -2.65. The van der Waals surface area contributed by atoms with Crippen molar-refractivity contribution < 1.29 is 19.8 Å². The maximum absolute atomic E-state index is 13.3. The van der Waals surface area contributed by atoms with Gasteiger partial charge in [-0.3, -0.25) is 4.79 Å². The van der Waals surface area contributed by atoms with E-state index in [0.29, 0.717) is 30.1 Å². The molecule has 8 unspecified atom stereocenters. The fourth-order valence-corrected chi connectivity index (χ4v) is 9.78. The Labute approximate surface area is 212 Å². The van der Waals surface area contributed by atoms with Gasteiger partial charge in [0.05, 0.1) is 6.10 Å². The van der Waals surface area contributed by atoms with Crippen LogP contribution in [0, 0.1) is 45.8 Å². The second-order valence-corrected chi connectivity index (χ2v) is 13.3. The number of allylic oxidation sites excluding steroid dienone is 3. The van der Waals surface area contributed by atoms with Gasteiger partial charge in [0.25, 0.3) is 0 Å². The molecule has 3 saturated carbocycles. The van der Waals surface area contributed by atoms with Crippen LogP contribution in [0.25, 0.3) is 0 Å². The van der Waals surface area contributed by atoms with Crippen molar-refractivity contribution in [2.24, 2.45) is 45.8 Å². The van der Waals surface area contributed by atoms with E-state index < -0.39 is 11.4 Å². The molecular weight excluding hydrogens is 436 g/mol. The number of carboxylic acid groups (broad SMARTS) is 1. The van der Waals surface area contributed by atoms with Crippen LogP contribution in [-0.2, 0) is 9.59 Å². The van der Waals surface area contributed by atoms with Gasteiger partial charge in [0.15, 0.2) is 5.78 Å². The molecule has 0 aromatic heterocycles. The number of aliphatic hydroxyl groups excluding tert-OH is 1. The molecule has 0 bridgehead atoms. The molecule has 0 amide bonds. The summed E-state index contributed by atoms with van der Waals surface area (Å²) in [6.07, 6.45) is 13.3. The van der Waals surface area contributed by atoms with Crippen molar-refractivity contribution in [1.29, 1.82) is 0 Å². The van der Waals surface area contributed by atoms with Gasteiger partial charge in [-0.05, 0) is 110 Å². The van der Waals surface area contributed by atoms with Crippen LogP contribution >= 0.6 is 0 Å². The van der Waals surface area contributed by atoms with Crippen molar-refractivity contribution in [2.75, 3.05) is 0 Å². The molecule has 0 aliphatic heterocycles. The highest BCUT2D eigenvalue weighted by Gasteiger charge is 2.62. The molecule has 4 heteroatoms. The first-order valence-electron chi connectivity index (χ1n) is 14.3. The van der Waals surface area contributed by atoms with Gasteiger partial charge in [-0.25, -0.2) is 4.79 Å². The molecule has 8 atom stereocenters. The van der Waals surface area contributed by atoms with E-state index in [2.05, 4.69) is 34.6 Å². The van der Waals surface area contributed by atoms with Crippen LogP contribution in [0.1, 0.15) is 106 Å². The molecular formula is C31H48O4. The SMILES string of the molecule is CCC1CCC2(C)C3CCC4(/C=C/C(=O)O)CC(=O)C(C(C)C)=C4C3CCC2C1(C)CCC(C)O. The van der Waals surface area contributed by atoms with Crippen LogP contribution in [0.5, 0.6) is 0 Å². The highest BCUT2D eigenvalue weighted by atomic mass is 16.4. The molecule has 0 spiro atoms. The van der Waals surface area contributed by atoms with E-state index in [9.17, 15) is 19.8 Å². The molecule has 0 aromatic rings. The third kappa shape index (κ3) is 4.26. The van der Waals surface area contributed by atoms with E-state index in [1.165, 1.54) is 37.3 Å². The van der Waals surface area contributed by atoms with Gasteiger partial charge in [-0.15, -0.1) is 0 Å². The van der Waals surface area contributed by atoms with Crippen molar-refractivity contribution in [1.82, 2.24) is 0 Å². The summed E-state index contributed by atoms with van der Waals surface area (Å²) in [6.45, 7) is 13.6. The minimum Gasteiger partial charge on any atom is -0.478 e. The zero-order chi connectivity index (χ0) is 25.8. The standard InChI is InChI=1S/C31H48O4/c1-7-21-11-15-30(6)23-12-16-31(17-13-26(34)35)18-24(33)27(19(2)3)28(31)22(23)8-9-25(30)29(21,5)14-10-20(4)32/h13,17,19-23,25,32H,7-12,14-16,18H2,1-6H3,(H,34,35)/b17-13+. The summed E-state index contributed by atoms with van der Waals surface area (Å²) in [5, 5.41) is 19.6. The number of hydrogen-bond acceptors (Lipinski definition) is 3. The molecule has 3 fully saturated rings. The van der Waals surface area contributed by atoms with Gasteiger partial charge >= 0.3 is 5.97 Å². The summed E-state index contributed by atoms with van der Waals surface area (Å²) in [4.78, 5) is 24.8. The minimum atomic E-state index is -0.922. The third-order valence-corrected chi connectivity index (χ3v) is 11.2. The summed E-state index contributed by atoms with van der Waals surface area (Å²) in [5.74, 6) is 1.76. The van der Waals surface area contributed by atoms with Crippen LogP contribution in [0.3, 0.4) is 0 Å². The Kier molecular flexibility index (Phi) is 7.21. The number of fused-ring (bicyclic) bond motifs is 5. The van der Waals surface area contributed by atoms with E-state index >= 15 is 0 Å². The molecule has 35 heavy (non-hydrogen) atoms. The second kappa shape index (κ2) is 9.47. The summed E-state index contributed by atoms with van der Waals surface area (Å²) in [7, 11) is 0. The molecule has 196 valence electrons. The molecule has 4 aliphatic carbocycles. The van der Waals surface area contributed by atoms with Crippen LogP contribution in [0.15, 0.2) is 23.3 Å². The maximum atomic E-state index is 13.3. The van der Waals surface area contributed by atoms with Crippen LogP contribution in [0.4, 0.5) is 0 Å². The van der Waals surface area contributed by atoms with E-state index in [0.717, 1.165) is 37.7 Å². The number of carbonyl (C=O) groups is 2. The maximum Gasteiger partial charge on any atom is 0.328 e. The Morgan fingerprint density at radius 1 is 1.11 bits per heavy atom. The summed E-state index contributed by atoms with van der Waals surface area (Å²) < 4.78 is 0. The van der Waals surface area contributed by atoms with E-state index in [1.54, 1.807) is 0 Å². The Hall–Kier alpha value is -1.42. The number of rotatable bonds is 7.